The zero-order valence-corrected chi connectivity index (χ0v) is 18.2. The molecule has 0 bridgehead atoms. The van der Waals surface area contributed by atoms with Crippen molar-refractivity contribution in [2.75, 3.05) is 11.3 Å². The van der Waals surface area contributed by atoms with Gasteiger partial charge in [-0.25, -0.2) is 21.6 Å². The lowest BCUT2D eigenvalue weighted by Crippen LogP contribution is -2.24. The summed E-state index contributed by atoms with van der Waals surface area (Å²) in [6, 6.07) is 11.9. The minimum atomic E-state index is -3.74. The van der Waals surface area contributed by atoms with Gasteiger partial charge < -0.3 is 0 Å². The van der Waals surface area contributed by atoms with E-state index in [0.717, 1.165) is 30.2 Å². The van der Waals surface area contributed by atoms with E-state index in [9.17, 15) is 16.8 Å². The van der Waals surface area contributed by atoms with Gasteiger partial charge in [0.15, 0.2) is 0 Å². The molecule has 27 heavy (non-hydrogen) atoms. The van der Waals surface area contributed by atoms with Crippen LogP contribution in [0.5, 0.6) is 0 Å². The van der Waals surface area contributed by atoms with Gasteiger partial charge in [0, 0.05) is 16.7 Å². The van der Waals surface area contributed by atoms with Crippen molar-refractivity contribution in [1.29, 1.82) is 0 Å². The molecule has 0 atom stereocenters. The van der Waals surface area contributed by atoms with Crippen LogP contribution in [0.15, 0.2) is 62.8 Å². The largest absolute Gasteiger partial charge is 0.280 e. The van der Waals surface area contributed by atoms with Gasteiger partial charge in [-0.1, -0.05) is 42.1 Å². The second-order valence-corrected chi connectivity index (χ2v) is 10.4. The summed E-state index contributed by atoms with van der Waals surface area (Å²) in [7, 11) is -7.33. The van der Waals surface area contributed by atoms with Gasteiger partial charge in [0.05, 0.1) is 9.79 Å². The fourth-order valence-corrected chi connectivity index (χ4v) is 4.77. The first kappa shape index (κ1) is 21.9. The number of benzene rings is 2. The molecule has 2 N–H and O–H groups in total. The third kappa shape index (κ3) is 6.60. The van der Waals surface area contributed by atoms with E-state index in [-0.39, 0.29) is 9.79 Å². The average Bonchev–Trinajstić information content (AvgIpc) is 2.62. The molecule has 0 unspecified atom stereocenters. The number of hydrogen-bond acceptors (Lipinski definition) is 4. The first-order valence-electron chi connectivity index (χ1n) is 8.63. The topological polar surface area (TPSA) is 92.3 Å². The molecule has 0 aliphatic carbocycles. The highest BCUT2D eigenvalue weighted by atomic mass is 79.9. The van der Waals surface area contributed by atoms with Gasteiger partial charge in [-0.3, -0.25) is 4.72 Å². The van der Waals surface area contributed by atoms with Crippen molar-refractivity contribution in [3.63, 3.8) is 0 Å². The molecule has 9 heteroatoms. The minimum Gasteiger partial charge on any atom is -0.280 e. The molecule has 0 aliphatic rings. The lowest BCUT2D eigenvalue weighted by Gasteiger charge is -2.10. The summed E-state index contributed by atoms with van der Waals surface area (Å²) < 4.78 is 55.0. The third-order valence-corrected chi connectivity index (χ3v) is 7.27. The van der Waals surface area contributed by atoms with E-state index in [4.69, 9.17) is 0 Å². The number of unbranched alkanes of at least 4 members (excludes halogenated alkanes) is 3. The van der Waals surface area contributed by atoms with Crippen LogP contribution in [-0.2, 0) is 20.0 Å². The molecule has 0 saturated heterocycles. The highest BCUT2D eigenvalue weighted by Crippen LogP contribution is 2.20. The van der Waals surface area contributed by atoms with Crippen molar-refractivity contribution in [2.45, 2.75) is 42.4 Å². The Balaban J connectivity index is 2.03. The molecule has 0 fully saturated rings. The number of hydrogen-bond donors (Lipinski definition) is 2. The van der Waals surface area contributed by atoms with Gasteiger partial charge >= 0.3 is 0 Å². The van der Waals surface area contributed by atoms with Gasteiger partial charge in [-0.05, 0) is 55.0 Å². The normalized spacial score (nSPS) is 12.1. The standard InChI is InChI=1S/C18H23BrN2O4S2/c1-2-3-4-5-14-20-26(22,23)17-12-8-16(9-13-17)21-27(24,25)18-10-6-15(19)7-11-18/h6-13,20-21H,2-5,14H2,1H3. The van der Waals surface area contributed by atoms with E-state index in [1.54, 1.807) is 12.1 Å². The molecule has 0 amide bonds. The molecule has 2 aromatic carbocycles. The summed E-state index contributed by atoms with van der Waals surface area (Å²) in [6.07, 6.45) is 3.94. The minimum absolute atomic E-state index is 0.101. The highest BCUT2D eigenvalue weighted by molar-refractivity contribution is 9.10. The highest BCUT2D eigenvalue weighted by Gasteiger charge is 2.16. The molecule has 0 aliphatic heterocycles. The van der Waals surface area contributed by atoms with Crippen molar-refractivity contribution >= 4 is 41.7 Å². The Morgan fingerprint density at radius 3 is 1.93 bits per heavy atom. The van der Waals surface area contributed by atoms with E-state index in [1.165, 1.54) is 36.4 Å². The number of nitrogens with one attached hydrogen (secondary N) is 2. The molecule has 0 heterocycles. The van der Waals surface area contributed by atoms with Gasteiger partial charge in [0.1, 0.15) is 0 Å². The van der Waals surface area contributed by atoms with Crippen molar-refractivity contribution in [1.82, 2.24) is 4.72 Å². The van der Waals surface area contributed by atoms with E-state index in [2.05, 4.69) is 32.3 Å². The van der Waals surface area contributed by atoms with Crippen LogP contribution in [0.1, 0.15) is 32.6 Å². The molecule has 0 spiro atoms. The number of sulfonamides is 2. The number of halogens is 1. The summed E-state index contributed by atoms with van der Waals surface area (Å²) in [4.78, 5) is 0.223. The fraction of sp³-hybridized carbons (Fsp3) is 0.333. The zero-order chi connectivity index (χ0) is 19.9. The van der Waals surface area contributed by atoms with E-state index in [1.807, 2.05) is 0 Å². The van der Waals surface area contributed by atoms with Gasteiger partial charge in [0.2, 0.25) is 10.0 Å². The first-order valence-corrected chi connectivity index (χ1v) is 12.4. The Morgan fingerprint density at radius 1 is 0.778 bits per heavy atom. The van der Waals surface area contributed by atoms with E-state index in [0.29, 0.717) is 12.2 Å². The predicted octanol–water partition coefficient (Wildman–Crippen LogP) is 4.11. The summed E-state index contributed by atoms with van der Waals surface area (Å²) in [5.41, 5.74) is 0.291. The second kappa shape index (κ2) is 9.68. The maximum atomic E-state index is 12.4. The molecule has 0 radical (unpaired) electrons. The Bertz CT molecular complexity index is 942. The monoisotopic (exact) mass is 474 g/mol. The third-order valence-electron chi connectivity index (χ3n) is 3.86. The molecule has 2 aromatic rings. The number of rotatable bonds is 10. The van der Waals surface area contributed by atoms with Crippen LogP contribution in [-0.4, -0.2) is 23.4 Å². The lowest BCUT2D eigenvalue weighted by atomic mass is 10.2. The van der Waals surface area contributed by atoms with Crippen molar-refractivity contribution in [3.05, 3.63) is 53.0 Å². The van der Waals surface area contributed by atoms with E-state index >= 15 is 0 Å². The zero-order valence-electron chi connectivity index (χ0n) is 15.0. The molecule has 6 nitrogen and oxygen atoms in total. The molecule has 2 rings (SSSR count). The van der Waals surface area contributed by atoms with Crippen LogP contribution in [0, 0.1) is 0 Å². The molecular formula is C18H23BrN2O4S2. The van der Waals surface area contributed by atoms with Crippen LogP contribution < -0.4 is 9.44 Å². The average molecular weight is 475 g/mol. The maximum absolute atomic E-state index is 12.4. The van der Waals surface area contributed by atoms with Gasteiger partial charge in [-0.15, -0.1) is 0 Å². The molecule has 0 saturated carbocycles. The Labute approximate surface area is 169 Å². The second-order valence-electron chi connectivity index (χ2n) is 6.04. The van der Waals surface area contributed by atoms with Crippen LogP contribution in [0.2, 0.25) is 0 Å². The van der Waals surface area contributed by atoms with Crippen LogP contribution in [0.4, 0.5) is 5.69 Å². The van der Waals surface area contributed by atoms with Crippen molar-refractivity contribution < 1.29 is 16.8 Å². The Morgan fingerprint density at radius 2 is 1.33 bits per heavy atom. The number of anilines is 1. The van der Waals surface area contributed by atoms with Crippen molar-refractivity contribution in [3.8, 4) is 0 Å². The quantitative estimate of drug-likeness (QED) is 0.506. The fourth-order valence-electron chi connectivity index (χ4n) is 2.37. The SMILES string of the molecule is CCCCCCNS(=O)(=O)c1ccc(NS(=O)(=O)c2ccc(Br)cc2)cc1. The maximum Gasteiger partial charge on any atom is 0.261 e. The van der Waals surface area contributed by atoms with Crippen molar-refractivity contribution in [2.24, 2.45) is 0 Å². The van der Waals surface area contributed by atoms with Gasteiger partial charge in [-0.2, -0.15) is 0 Å². The molecular weight excluding hydrogens is 452 g/mol. The summed E-state index contributed by atoms with van der Waals surface area (Å²) in [5.74, 6) is 0. The van der Waals surface area contributed by atoms with Crippen LogP contribution >= 0.6 is 15.9 Å². The smallest absolute Gasteiger partial charge is 0.261 e. The Kier molecular flexibility index (Phi) is 7.84. The lowest BCUT2D eigenvalue weighted by molar-refractivity contribution is 0.573. The first-order chi connectivity index (χ1) is 12.7. The Hall–Kier alpha value is -1.42. The van der Waals surface area contributed by atoms with Crippen LogP contribution in [0.25, 0.3) is 0 Å². The predicted molar refractivity (Wildman–Crippen MR) is 111 cm³/mol. The van der Waals surface area contributed by atoms with Gasteiger partial charge in [0.25, 0.3) is 10.0 Å². The summed E-state index contributed by atoms with van der Waals surface area (Å²) in [6.45, 7) is 2.48. The molecule has 148 valence electrons. The molecule has 0 aromatic heterocycles. The van der Waals surface area contributed by atoms with E-state index < -0.39 is 20.0 Å². The van der Waals surface area contributed by atoms with Crippen LogP contribution in [0.3, 0.4) is 0 Å². The summed E-state index contributed by atoms with van der Waals surface area (Å²) >= 11 is 3.26. The summed E-state index contributed by atoms with van der Waals surface area (Å²) in [5, 5.41) is 0.